The first-order valence-electron chi connectivity index (χ1n) is 9.84. The van der Waals surface area contributed by atoms with Gasteiger partial charge in [-0.1, -0.05) is 27.7 Å². The van der Waals surface area contributed by atoms with Crippen LogP contribution >= 0.6 is 39.0 Å². The average molecular weight is 540 g/mol. The fourth-order valence-electron chi connectivity index (χ4n) is 2.92. The van der Waals surface area contributed by atoms with E-state index in [0.29, 0.717) is 16.8 Å². The van der Waals surface area contributed by atoms with Crippen molar-refractivity contribution in [3.05, 3.63) is 76.3 Å². The molecule has 0 aliphatic carbocycles. The van der Waals surface area contributed by atoms with Crippen LogP contribution in [0, 0.1) is 0 Å². The summed E-state index contributed by atoms with van der Waals surface area (Å²) in [6.07, 6.45) is 1.62. The van der Waals surface area contributed by atoms with E-state index in [1.54, 1.807) is 48.7 Å². The van der Waals surface area contributed by atoms with Crippen LogP contribution in [0.2, 0.25) is 0 Å². The number of ketones is 1. The monoisotopic (exact) mass is 539 g/mol. The van der Waals surface area contributed by atoms with E-state index < -0.39 is 0 Å². The molecule has 33 heavy (non-hydrogen) atoms. The van der Waals surface area contributed by atoms with Crippen molar-refractivity contribution < 1.29 is 14.7 Å². The maximum atomic E-state index is 12.3. The lowest BCUT2D eigenvalue weighted by atomic mass is 10.1. The van der Waals surface area contributed by atoms with Gasteiger partial charge in [-0.2, -0.15) is 0 Å². The third kappa shape index (κ3) is 6.07. The highest BCUT2D eigenvalue weighted by atomic mass is 79.9. The molecule has 0 unspecified atom stereocenters. The van der Waals surface area contributed by atoms with Crippen molar-refractivity contribution >= 4 is 78.5 Å². The highest BCUT2D eigenvalue weighted by Gasteiger charge is 2.09. The number of carbonyl (C=O) groups is 2. The summed E-state index contributed by atoms with van der Waals surface area (Å²) < 4.78 is 2.61. The Morgan fingerprint density at radius 1 is 1.15 bits per heavy atom. The molecule has 0 aliphatic heterocycles. The van der Waals surface area contributed by atoms with Gasteiger partial charge in [0.25, 0.3) is 0 Å². The molecule has 4 rings (SSSR count). The van der Waals surface area contributed by atoms with Crippen LogP contribution in [0.4, 0.5) is 11.4 Å². The van der Waals surface area contributed by atoms with Crippen LogP contribution in [0.1, 0.15) is 22.8 Å². The molecule has 1 aromatic heterocycles. The van der Waals surface area contributed by atoms with Crippen LogP contribution in [-0.2, 0) is 4.79 Å². The Kier molecular flexibility index (Phi) is 7.22. The summed E-state index contributed by atoms with van der Waals surface area (Å²) in [6.45, 7) is 1.50. The minimum absolute atomic E-state index is 0.0144. The number of fused-ring (bicyclic) bond motifs is 1. The van der Waals surface area contributed by atoms with E-state index in [1.807, 2.05) is 18.2 Å². The Morgan fingerprint density at radius 2 is 1.94 bits per heavy atom. The summed E-state index contributed by atoms with van der Waals surface area (Å²) in [7, 11) is 0. The number of aromatic nitrogens is 1. The molecule has 0 spiro atoms. The average Bonchev–Trinajstić information content (AvgIpc) is 3.21. The Balaban J connectivity index is 1.39. The molecule has 0 aliphatic rings. The van der Waals surface area contributed by atoms with Crippen LogP contribution in [0.5, 0.6) is 5.75 Å². The third-order valence-electron chi connectivity index (χ3n) is 4.60. The molecule has 1 heterocycles. The Morgan fingerprint density at radius 3 is 2.70 bits per heavy atom. The van der Waals surface area contributed by atoms with E-state index in [0.717, 1.165) is 24.7 Å². The predicted octanol–water partition coefficient (Wildman–Crippen LogP) is 6.45. The first kappa shape index (κ1) is 23.2. The number of rotatable bonds is 7. The molecule has 0 saturated carbocycles. The van der Waals surface area contributed by atoms with Gasteiger partial charge < -0.3 is 10.4 Å². The first-order chi connectivity index (χ1) is 15.9. The second-order valence-corrected chi connectivity index (χ2v) is 10.2. The van der Waals surface area contributed by atoms with Crippen LogP contribution in [0.3, 0.4) is 0 Å². The highest BCUT2D eigenvalue weighted by Crippen LogP contribution is 2.32. The number of thioether (sulfide) groups is 1. The van der Waals surface area contributed by atoms with E-state index in [2.05, 4.69) is 31.2 Å². The standard InChI is InChI=1S/C24H18BrN3O3S2/c1-14(29)15-2-5-18(6-3-15)27-23(31)13-32-24-28-20-8-7-19(11-22(20)33-24)26-12-16-10-17(25)4-9-21(16)30/h2-12,30H,13H2,1H3,(H,27,31). The number of hydrogen-bond acceptors (Lipinski definition) is 7. The van der Waals surface area contributed by atoms with Gasteiger partial charge in [-0.05, 0) is 67.6 Å². The molecule has 0 atom stereocenters. The zero-order valence-corrected chi connectivity index (χ0v) is 20.6. The molecule has 0 bridgehead atoms. The van der Waals surface area contributed by atoms with Crippen molar-refractivity contribution in [1.82, 2.24) is 4.98 Å². The first-order valence-corrected chi connectivity index (χ1v) is 12.4. The number of carbonyl (C=O) groups excluding carboxylic acids is 2. The molecule has 1 amide bonds. The summed E-state index contributed by atoms with van der Waals surface area (Å²) >= 11 is 6.25. The summed E-state index contributed by atoms with van der Waals surface area (Å²) in [6, 6.07) is 17.7. The molecule has 3 aromatic carbocycles. The Hall–Kier alpha value is -3.01. The van der Waals surface area contributed by atoms with Gasteiger partial charge in [-0.25, -0.2) is 4.98 Å². The molecular weight excluding hydrogens is 522 g/mol. The van der Waals surface area contributed by atoms with Gasteiger partial charge in [0.05, 0.1) is 21.7 Å². The van der Waals surface area contributed by atoms with Crippen molar-refractivity contribution in [2.75, 3.05) is 11.1 Å². The summed E-state index contributed by atoms with van der Waals surface area (Å²) in [5, 5.41) is 12.8. The lowest BCUT2D eigenvalue weighted by Crippen LogP contribution is -2.13. The quantitative estimate of drug-likeness (QED) is 0.160. The predicted molar refractivity (Wildman–Crippen MR) is 138 cm³/mol. The number of halogens is 1. The molecule has 0 fully saturated rings. The molecule has 4 aromatic rings. The zero-order chi connectivity index (χ0) is 23.4. The summed E-state index contributed by atoms with van der Waals surface area (Å²) in [5.74, 6) is 0.225. The fraction of sp³-hybridized carbons (Fsp3) is 0.0833. The number of phenols is 1. The largest absolute Gasteiger partial charge is 0.507 e. The second kappa shape index (κ2) is 10.3. The van der Waals surface area contributed by atoms with Crippen molar-refractivity contribution in [1.29, 1.82) is 0 Å². The normalized spacial score (nSPS) is 11.2. The molecule has 2 N–H and O–H groups in total. The van der Waals surface area contributed by atoms with Crippen molar-refractivity contribution in [3.63, 3.8) is 0 Å². The molecule has 166 valence electrons. The zero-order valence-electron chi connectivity index (χ0n) is 17.4. The number of Topliss-reactive ketones (excluding diaryl/α,β-unsaturated/α-hetero) is 1. The molecule has 9 heteroatoms. The number of aliphatic imine (C=N–C) groups is 1. The van der Waals surface area contributed by atoms with Gasteiger partial charge in [0.1, 0.15) is 5.75 Å². The van der Waals surface area contributed by atoms with Crippen LogP contribution in [0.25, 0.3) is 10.2 Å². The number of anilines is 1. The van der Waals surface area contributed by atoms with Crippen molar-refractivity contribution in [2.24, 2.45) is 4.99 Å². The Bertz CT molecular complexity index is 1370. The second-order valence-electron chi connectivity index (χ2n) is 7.06. The number of phenolic OH excluding ortho intramolecular Hbond substituents is 1. The van der Waals surface area contributed by atoms with Gasteiger partial charge in [-0.15, -0.1) is 11.3 Å². The van der Waals surface area contributed by atoms with Gasteiger partial charge in [0.15, 0.2) is 10.1 Å². The van der Waals surface area contributed by atoms with Gasteiger partial charge >= 0.3 is 0 Å². The minimum atomic E-state index is -0.144. The number of benzene rings is 3. The number of nitrogens with zero attached hydrogens (tertiary/aromatic N) is 2. The maximum absolute atomic E-state index is 12.3. The van der Waals surface area contributed by atoms with Crippen molar-refractivity contribution in [2.45, 2.75) is 11.3 Å². The summed E-state index contributed by atoms with van der Waals surface area (Å²) in [4.78, 5) is 32.7. The number of hydrogen-bond donors (Lipinski definition) is 2. The van der Waals surface area contributed by atoms with E-state index in [1.165, 1.54) is 30.0 Å². The Labute approximate surface area is 206 Å². The van der Waals surface area contributed by atoms with E-state index in [9.17, 15) is 14.7 Å². The van der Waals surface area contributed by atoms with Crippen LogP contribution < -0.4 is 5.32 Å². The third-order valence-corrected chi connectivity index (χ3v) is 7.25. The van der Waals surface area contributed by atoms with E-state index in [-0.39, 0.29) is 23.2 Å². The maximum Gasteiger partial charge on any atom is 0.234 e. The number of aromatic hydroxyl groups is 1. The highest BCUT2D eigenvalue weighted by molar-refractivity contribution is 9.10. The lowest BCUT2D eigenvalue weighted by molar-refractivity contribution is -0.113. The topological polar surface area (TPSA) is 91.7 Å². The number of amides is 1. The van der Waals surface area contributed by atoms with Gasteiger partial charge in [-0.3, -0.25) is 14.6 Å². The van der Waals surface area contributed by atoms with Crippen molar-refractivity contribution in [3.8, 4) is 5.75 Å². The van der Waals surface area contributed by atoms with Gasteiger partial charge in [0, 0.05) is 27.5 Å². The SMILES string of the molecule is CC(=O)c1ccc(NC(=O)CSc2nc3ccc(N=Cc4cc(Br)ccc4O)cc3s2)cc1. The number of thiazole rings is 1. The van der Waals surface area contributed by atoms with E-state index >= 15 is 0 Å². The van der Waals surface area contributed by atoms with Gasteiger partial charge in [0.2, 0.25) is 5.91 Å². The minimum Gasteiger partial charge on any atom is -0.507 e. The van der Waals surface area contributed by atoms with Crippen LogP contribution in [0.15, 0.2) is 74.5 Å². The molecule has 0 saturated heterocycles. The molecule has 0 radical (unpaired) electrons. The smallest absolute Gasteiger partial charge is 0.234 e. The molecule has 6 nitrogen and oxygen atoms in total. The van der Waals surface area contributed by atoms with Crippen LogP contribution in [-0.4, -0.2) is 33.7 Å². The lowest BCUT2D eigenvalue weighted by Gasteiger charge is -2.04. The number of nitrogens with one attached hydrogen (secondary N) is 1. The molecular formula is C24H18BrN3O3S2. The summed E-state index contributed by atoms with van der Waals surface area (Å²) in [5.41, 5.74) is 3.45. The van der Waals surface area contributed by atoms with E-state index in [4.69, 9.17) is 0 Å². The fourth-order valence-corrected chi connectivity index (χ4v) is 5.20.